The van der Waals surface area contributed by atoms with Crippen molar-refractivity contribution >= 4 is 21.9 Å². The molecule has 1 saturated heterocycles. The lowest BCUT2D eigenvalue weighted by atomic mass is 9.99. The second-order valence-corrected chi connectivity index (χ2v) is 7.45. The zero-order chi connectivity index (χ0) is 17.9. The highest BCUT2D eigenvalue weighted by molar-refractivity contribution is 7.89. The van der Waals surface area contributed by atoms with Crippen molar-refractivity contribution in [3.05, 3.63) is 29.8 Å². The molecule has 0 unspecified atom stereocenters. The van der Waals surface area contributed by atoms with Gasteiger partial charge in [0.05, 0.1) is 17.4 Å². The molecule has 1 aliphatic heterocycles. The molecule has 24 heavy (non-hydrogen) atoms. The maximum absolute atomic E-state index is 12.4. The Kier molecular flexibility index (Phi) is 5.26. The molecule has 128 valence electrons. The van der Waals surface area contributed by atoms with E-state index in [1.807, 2.05) is 0 Å². The van der Waals surface area contributed by atoms with Crippen molar-refractivity contribution in [2.24, 2.45) is 11.8 Å². The Bertz CT molecular complexity index is 780. The van der Waals surface area contributed by atoms with Gasteiger partial charge in [0, 0.05) is 18.7 Å². The first-order chi connectivity index (χ1) is 11.3. The summed E-state index contributed by atoms with van der Waals surface area (Å²) in [7, 11) is -3.71. The van der Waals surface area contributed by atoms with Gasteiger partial charge in [-0.3, -0.25) is 9.59 Å². The maximum atomic E-state index is 12.4. The number of aliphatic carboxylic acids is 1. The van der Waals surface area contributed by atoms with E-state index in [2.05, 4.69) is 10.6 Å². The summed E-state index contributed by atoms with van der Waals surface area (Å²) in [6.45, 7) is 2.18. The van der Waals surface area contributed by atoms with Crippen LogP contribution in [0.2, 0.25) is 0 Å². The van der Waals surface area contributed by atoms with Gasteiger partial charge >= 0.3 is 5.97 Å². The highest BCUT2D eigenvalue weighted by Gasteiger charge is 2.37. The molecule has 8 heteroatoms. The van der Waals surface area contributed by atoms with Crippen LogP contribution < -0.4 is 4.72 Å². The number of sulfonamides is 1. The summed E-state index contributed by atoms with van der Waals surface area (Å²) in [6.07, 6.45) is 5.02. The van der Waals surface area contributed by atoms with Crippen LogP contribution in [0.3, 0.4) is 0 Å². The van der Waals surface area contributed by atoms with Crippen LogP contribution in [-0.4, -0.2) is 49.9 Å². The number of carboxylic acids is 1. The minimum atomic E-state index is -3.71. The molecule has 1 aromatic carbocycles. The lowest BCUT2D eigenvalue weighted by Gasteiger charge is -2.16. The molecule has 0 aromatic heterocycles. The van der Waals surface area contributed by atoms with Crippen LogP contribution in [0.25, 0.3) is 0 Å². The summed E-state index contributed by atoms with van der Waals surface area (Å²) >= 11 is 0. The number of amides is 1. The molecule has 1 fully saturated rings. The van der Waals surface area contributed by atoms with Crippen LogP contribution in [0.5, 0.6) is 0 Å². The third-order valence-electron chi connectivity index (χ3n) is 3.99. The fourth-order valence-electron chi connectivity index (χ4n) is 2.63. The number of terminal acetylenes is 1. The number of carboxylic acid groups (broad SMARTS) is 1. The standard InChI is InChI=1S/C16H18N2O5S/c1-3-8-17-24(22,23)13-6-4-12(5-7-13)15(19)18-9-11(2)14(10-18)16(20)21/h1,4-7,11,14,17H,8-10H2,2H3,(H,20,21)/t11-,14-/m1/s1. The van der Waals surface area contributed by atoms with Gasteiger partial charge in [0.25, 0.3) is 5.91 Å². The third kappa shape index (κ3) is 3.75. The van der Waals surface area contributed by atoms with E-state index in [1.165, 1.54) is 29.2 Å². The monoisotopic (exact) mass is 350 g/mol. The van der Waals surface area contributed by atoms with Crippen LogP contribution in [-0.2, 0) is 14.8 Å². The van der Waals surface area contributed by atoms with Crippen molar-refractivity contribution in [3.8, 4) is 12.3 Å². The largest absolute Gasteiger partial charge is 0.481 e. The first-order valence-corrected chi connectivity index (χ1v) is 8.80. The van der Waals surface area contributed by atoms with Gasteiger partial charge < -0.3 is 10.0 Å². The molecule has 0 spiro atoms. The number of hydrogen-bond acceptors (Lipinski definition) is 4. The van der Waals surface area contributed by atoms with Crippen molar-refractivity contribution in [1.29, 1.82) is 0 Å². The average Bonchev–Trinajstić information content (AvgIpc) is 2.94. The summed E-state index contributed by atoms with van der Waals surface area (Å²) in [5.41, 5.74) is 0.309. The van der Waals surface area contributed by atoms with Gasteiger partial charge in [-0.1, -0.05) is 12.8 Å². The van der Waals surface area contributed by atoms with Crippen molar-refractivity contribution in [1.82, 2.24) is 9.62 Å². The molecular formula is C16H18N2O5S. The predicted molar refractivity (Wildman–Crippen MR) is 86.7 cm³/mol. The molecule has 7 nitrogen and oxygen atoms in total. The molecule has 0 saturated carbocycles. The zero-order valence-electron chi connectivity index (χ0n) is 13.1. The SMILES string of the molecule is C#CCNS(=O)(=O)c1ccc(C(=O)N2C[C@@H](C)[C@H](C(=O)O)C2)cc1. The summed E-state index contributed by atoms with van der Waals surface area (Å²) in [5.74, 6) is 0.239. The summed E-state index contributed by atoms with van der Waals surface area (Å²) < 4.78 is 26.1. The van der Waals surface area contributed by atoms with Gasteiger partial charge in [-0.2, -0.15) is 4.72 Å². The molecule has 2 N–H and O–H groups in total. The van der Waals surface area contributed by atoms with Gasteiger partial charge in [0.15, 0.2) is 0 Å². The van der Waals surface area contributed by atoms with E-state index in [9.17, 15) is 18.0 Å². The molecule has 1 heterocycles. The first-order valence-electron chi connectivity index (χ1n) is 7.31. The van der Waals surface area contributed by atoms with Gasteiger partial charge in [-0.15, -0.1) is 6.42 Å². The first kappa shape index (κ1) is 18.0. The normalized spacial score (nSPS) is 20.6. The number of carbonyl (C=O) groups excluding carboxylic acids is 1. The Morgan fingerprint density at radius 2 is 1.96 bits per heavy atom. The van der Waals surface area contributed by atoms with Crippen LogP contribution in [0.4, 0.5) is 0 Å². The second kappa shape index (κ2) is 7.03. The van der Waals surface area contributed by atoms with Crippen molar-refractivity contribution < 1.29 is 23.1 Å². The molecule has 0 radical (unpaired) electrons. The van der Waals surface area contributed by atoms with Crippen molar-refractivity contribution in [2.45, 2.75) is 11.8 Å². The topological polar surface area (TPSA) is 104 Å². The molecule has 2 atom stereocenters. The van der Waals surface area contributed by atoms with Gasteiger partial charge in [-0.05, 0) is 30.2 Å². The molecular weight excluding hydrogens is 332 g/mol. The van der Waals surface area contributed by atoms with E-state index >= 15 is 0 Å². The Morgan fingerprint density at radius 3 is 2.46 bits per heavy atom. The van der Waals surface area contributed by atoms with Gasteiger partial charge in [-0.25, -0.2) is 8.42 Å². The van der Waals surface area contributed by atoms with E-state index in [4.69, 9.17) is 11.5 Å². The summed E-state index contributed by atoms with van der Waals surface area (Å²) in [5, 5.41) is 9.12. The Balaban J connectivity index is 2.13. The number of nitrogens with zero attached hydrogens (tertiary/aromatic N) is 1. The molecule has 0 bridgehead atoms. The minimum absolute atomic E-state index is 0.00695. The van der Waals surface area contributed by atoms with Crippen LogP contribution in [0, 0.1) is 24.2 Å². The molecule has 0 aliphatic carbocycles. The van der Waals surface area contributed by atoms with Crippen LogP contribution in [0.15, 0.2) is 29.2 Å². The fraction of sp³-hybridized carbons (Fsp3) is 0.375. The van der Waals surface area contributed by atoms with Crippen molar-refractivity contribution in [2.75, 3.05) is 19.6 Å². The second-order valence-electron chi connectivity index (χ2n) is 5.69. The van der Waals surface area contributed by atoms with Gasteiger partial charge in [0.2, 0.25) is 10.0 Å². The van der Waals surface area contributed by atoms with E-state index in [-0.39, 0.29) is 29.8 Å². The maximum Gasteiger partial charge on any atom is 0.308 e. The van der Waals surface area contributed by atoms with E-state index in [0.717, 1.165) is 0 Å². The smallest absolute Gasteiger partial charge is 0.308 e. The molecule has 1 aromatic rings. The molecule has 1 aliphatic rings. The number of nitrogens with one attached hydrogen (secondary N) is 1. The van der Waals surface area contributed by atoms with Crippen LogP contribution >= 0.6 is 0 Å². The Labute approximate surface area is 140 Å². The predicted octanol–water partition coefficient (Wildman–Crippen LogP) is 0.391. The quantitative estimate of drug-likeness (QED) is 0.748. The summed E-state index contributed by atoms with van der Waals surface area (Å²) in [6, 6.07) is 5.46. The Morgan fingerprint density at radius 1 is 1.33 bits per heavy atom. The fourth-order valence-corrected chi connectivity index (χ4v) is 3.57. The third-order valence-corrected chi connectivity index (χ3v) is 5.41. The molecule has 1 amide bonds. The lowest BCUT2D eigenvalue weighted by Crippen LogP contribution is -2.30. The Hall–Kier alpha value is -2.37. The number of benzene rings is 1. The van der Waals surface area contributed by atoms with E-state index in [0.29, 0.717) is 12.1 Å². The lowest BCUT2D eigenvalue weighted by molar-refractivity contribution is -0.142. The number of carbonyl (C=O) groups is 2. The van der Waals surface area contributed by atoms with Crippen LogP contribution in [0.1, 0.15) is 17.3 Å². The zero-order valence-corrected chi connectivity index (χ0v) is 13.9. The van der Waals surface area contributed by atoms with Gasteiger partial charge in [0.1, 0.15) is 0 Å². The number of hydrogen-bond donors (Lipinski definition) is 2. The van der Waals surface area contributed by atoms with Crippen molar-refractivity contribution in [3.63, 3.8) is 0 Å². The highest BCUT2D eigenvalue weighted by Crippen LogP contribution is 2.25. The molecule has 2 rings (SSSR count). The highest BCUT2D eigenvalue weighted by atomic mass is 32.2. The summed E-state index contributed by atoms with van der Waals surface area (Å²) in [4.78, 5) is 25.1. The minimum Gasteiger partial charge on any atom is -0.481 e. The average molecular weight is 350 g/mol. The number of likely N-dealkylation sites (tertiary alicyclic amines) is 1. The van der Waals surface area contributed by atoms with E-state index in [1.54, 1.807) is 6.92 Å². The van der Waals surface area contributed by atoms with E-state index < -0.39 is 21.9 Å². The number of rotatable bonds is 5.